The first kappa shape index (κ1) is 17.5. The lowest BCUT2D eigenvalue weighted by Crippen LogP contribution is -2.17. The van der Waals surface area contributed by atoms with E-state index in [-0.39, 0.29) is 0 Å². The smallest absolute Gasteiger partial charge is 0.159 e. The Morgan fingerprint density at radius 3 is 1.13 bits per heavy atom. The molecule has 5 rings (SSSR count). The van der Waals surface area contributed by atoms with Crippen LogP contribution in [-0.2, 0) is 0 Å². The number of rotatable bonds is 2. The molecule has 136 valence electrons. The SMILES string of the molecule is N#CC(C#N)C1=c2cc3c(cc2-c2ccccc21)=C(C(C#N)C#N)c1ccccc1-3. The van der Waals surface area contributed by atoms with Crippen molar-refractivity contribution in [2.24, 2.45) is 11.8 Å². The molecule has 0 atom stereocenters. The topological polar surface area (TPSA) is 95.2 Å². The third-order valence-corrected chi connectivity index (χ3v) is 5.85. The van der Waals surface area contributed by atoms with Crippen molar-refractivity contribution < 1.29 is 0 Å². The van der Waals surface area contributed by atoms with E-state index in [4.69, 9.17) is 0 Å². The van der Waals surface area contributed by atoms with Gasteiger partial charge in [0.15, 0.2) is 11.8 Å². The average molecular weight is 380 g/mol. The summed E-state index contributed by atoms with van der Waals surface area (Å²) in [7, 11) is 0. The van der Waals surface area contributed by atoms with Crippen molar-refractivity contribution >= 4 is 11.1 Å². The van der Waals surface area contributed by atoms with Crippen LogP contribution in [0.15, 0.2) is 60.7 Å². The zero-order chi connectivity index (χ0) is 20.8. The summed E-state index contributed by atoms with van der Waals surface area (Å²) >= 11 is 0. The molecule has 0 spiro atoms. The number of hydrogen-bond donors (Lipinski definition) is 0. The van der Waals surface area contributed by atoms with E-state index >= 15 is 0 Å². The van der Waals surface area contributed by atoms with Gasteiger partial charge >= 0.3 is 0 Å². The first-order valence-electron chi connectivity index (χ1n) is 9.44. The van der Waals surface area contributed by atoms with Gasteiger partial charge in [0.05, 0.1) is 24.3 Å². The number of fused-ring (bicyclic) bond motifs is 6. The van der Waals surface area contributed by atoms with Crippen LogP contribution in [0.5, 0.6) is 0 Å². The predicted molar refractivity (Wildman–Crippen MR) is 111 cm³/mol. The Morgan fingerprint density at radius 2 is 0.800 bits per heavy atom. The molecule has 0 heterocycles. The van der Waals surface area contributed by atoms with Crippen LogP contribution in [0.4, 0.5) is 0 Å². The highest BCUT2D eigenvalue weighted by atomic mass is 14.4. The highest BCUT2D eigenvalue weighted by molar-refractivity contribution is 5.97. The summed E-state index contributed by atoms with van der Waals surface area (Å²) in [5.74, 6) is -1.76. The minimum Gasteiger partial charge on any atom is -0.196 e. The van der Waals surface area contributed by atoms with Gasteiger partial charge in [-0.15, -0.1) is 0 Å². The fraction of sp³-hybridized carbons (Fsp3) is 0.0769. The molecule has 0 fully saturated rings. The maximum absolute atomic E-state index is 9.60. The van der Waals surface area contributed by atoms with Gasteiger partial charge in [-0.25, -0.2) is 0 Å². The number of nitriles is 4. The molecular formula is C26H12N4. The summed E-state index contributed by atoms with van der Waals surface area (Å²) in [5.41, 5.74) is 6.98. The second-order valence-corrected chi connectivity index (χ2v) is 7.24. The van der Waals surface area contributed by atoms with Gasteiger partial charge in [0.25, 0.3) is 0 Å². The minimum absolute atomic E-state index is 0.719. The molecule has 30 heavy (non-hydrogen) atoms. The summed E-state index contributed by atoms with van der Waals surface area (Å²) in [4.78, 5) is 0. The Hall–Kier alpha value is -4.64. The molecule has 3 aromatic carbocycles. The van der Waals surface area contributed by atoms with Crippen molar-refractivity contribution in [1.82, 2.24) is 0 Å². The van der Waals surface area contributed by atoms with E-state index in [1.54, 1.807) is 0 Å². The summed E-state index contributed by atoms with van der Waals surface area (Å²) in [6.45, 7) is 0. The zero-order valence-electron chi connectivity index (χ0n) is 15.7. The monoisotopic (exact) mass is 380 g/mol. The van der Waals surface area contributed by atoms with Gasteiger partial charge in [-0.2, -0.15) is 21.0 Å². The summed E-state index contributed by atoms with van der Waals surface area (Å²) in [5, 5.41) is 40.1. The standard InChI is InChI=1S/C26H12N4/c27-11-15(12-28)25-19-7-3-1-5-17(19)21-9-24-22(10-23(21)25)18-6-2-4-8-20(18)26(24)16(13-29)14-30/h1-10,15-16H. The van der Waals surface area contributed by atoms with Crippen LogP contribution < -0.4 is 10.4 Å². The average Bonchev–Trinajstić information content (AvgIpc) is 3.28. The van der Waals surface area contributed by atoms with Gasteiger partial charge in [0.1, 0.15) is 0 Å². The van der Waals surface area contributed by atoms with Crippen LogP contribution in [0, 0.1) is 57.2 Å². The molecule has 0 N–H and O–H groups in total. The zero-order valence-corrected chi connectivity index (χ0v) is 15.7. The second kappa shape index (κ2) is 6.46. The van der Waals surface area contributed by atoms with Crippen molar-refractivity contribution in [3.63, 3.8) is 0 Å². The maximum atomic E-state index is 9.60. The molecule has 0 bridgehead atoms. The number of nitrogens with zero attached hydrogens (tertiary/aromatic N) is 4. The van der Waals surface area contributed by atoms with Crippen molar-refractivity contribution in [3.05, 3.63) is 82.2 Å². The van der Waals surface area contributed by atoms with Gasteiger partial charge in [0.2, 0.25) is 0 Å². The Morgan fingerprint density at radius 1 is 0.467 bits per heavy atom. The molecule has 0 saturated heterocycles. The normalized spacial score (nSPS) is 12.3. The van der Waals surface area contributed by atoms with Crippen LogP contribution >= 0.6 is 0 Å². The van der Waals surface area contributed by atoms with E-state index in [0.29, 0.717) is 0 Å². The molecule has 0 amide bonds. The fourth-order valence-electron chi connectivity index (χ4n) is 4.62. The highest BCUT2D eigenvalue weighted by Gasteiger charge is 2.30. The van der Waals surface area contributed by atoms with Crippen LogP contribution in [0.2, 0.25) is 0 Å². The van der Waals surface area contributed by atoms with E-state index < -0.39 is 11.8 Å². The van der Waals surface area contributed by atoms with Crippen LogP contribution in [-0.4, -0.2) is 0 Å². The Balaban J connectivity index is 1.98. The van der Waals surface area contributed by atoms with E-state index in [1.165, 1.54) is 0 Å². The molecule has 0 saturated carbocycles. The number of benzene rings is 3. The third kappa shape index (κ3) is 2.17. The Kier molecular flexibility index (Phi) is 3.76. The summed E-state index contributed by atoms with van der Waals surface area (Å²) < 4.78 is 0. The first-order chi connectivity index (χ1) is 14.7. The largest absolute Gasteiger partial charge is 0.196 e. The molecule has 0 unspecified atom stereocenters. The van der Waals surface area contributed by atoms with E-state index in [1.807, 2.05) is 60.7 Å². The fourth-order valence-corrected chi connectivity index (χ4v) is 4.62. The molecule has 2 aliphatic rings. The molecule has 4 heteroatoms. The van der Waals surface area contributed by atoms with Crippen LogP contribution in [0.25, 0.3) is 33.4 Å². The molecule has 0 aromatic heterocycles. The van der Waals surface area contributed by atoms with Gasteiger partial charge in [-0.05, 0) is 67.1 Å². The Labute approximate surface area is 173 Å². The first-order valence-corrected chi connectivity index (χ1v) is 9.44. The predicted octanol–water partition coefficient (Wildman–Crippen LogP) is 3.37. The highest BCUT2D eigenvalue weighted by Crippen LogP contribution is 2.39. The Bertz CT molecular complexity index is 1400. The molecule has 3 aromatic rings. The lowest BCUT2D eigenvalue weighted by Gasteiger charge is -2.06. The third-order valence-electron chi connectivity index (χ3n) is 5.85. The van der Waals surface area contributed by atoms with Gasteiger partial charge in [-0.3, -0.25) is 0 Å². The quantitative estimate of drug-likeness (QED) is 0.681. The van der Waals surface area contributed by atoms with E-state index in [2.05, 4.69) is 24.3 Å². The lowest BCUT2D eigenvalue weighted by atomic mass is 9.94. The van der Waals surface area contributed by atoms with Crippen molar-refractivity contribution in [2.45, 2.75) is 0 Å². The van der Waals surface area contributed by atoms with Gasteiger partial charge < -0.3 is 0 Å². The minimum atomic E-state index is -0.878. The molecular weight excluding hydrogens is 368 g/mol. The second-order valence-electron chi connectivity index (χ2n) is 7.24. The van der Waals surface area contributed by atoms with Crippen LogP contribution in [0.1, 0.15) is 11.1 Å². The maximum Gasteiger partial charge on any atom is 0.159 e. The van der Waals surface area contributed by atoms with E-state index in [9.17, 15) is 21.0 Å². The van der Waals surface area contributed by atoms with Gasteiger partial charge in [0, 0.05) is 0 Å². The number of hydrogen-bond acceptors (Lipinski definition) is 4. The van der Waals surface area contributed by atoms with Crippen molar-refractivity contribution in [3.8, 4) is 46.5 Å². The molecule has 0 aliphatic heterocycles. The van der Waals surface area contributed by atoms with Crippen molar-refractivity contribution in [2.75, 3.05) is 0 Å². The van der Waals surface area contributed by atoms with E-state index in [0.717, 1.165) is 55.0 Å². The summed E-state index contributed by atoms with van der Waals surface area (Å²) in [6, 6.07) is 28.0. The van der Waals surface area contributed by atoms with Gasteiger partial charge in [-0.1, -0.05) is 48.5 Å². The lowest BCUT2D eigenvalue weighted by molar-refractivity contribution is 1.11. The molecule has 4 nitrogen and oxygen atoms in total. The molecule has 2 aliphatic carbocycles. The summed E-state index contributed by atoms with van der Waals surface area (Å²) in [6.07, 6.45) is 0. The van der Waals surface area contributed by atoms with Crippen LogP contribution in [0.3, 0.4) is 0 Å². The van der Waals surface area contributed by atoms with Crippen molar-refractivity contribution in [1.29, 1.82) is 21.0 Å². The molecule has 0 radical (unpaired) electrons.